The number of fused-ring (bicyclic) bond motifs is 3. The zero-order valence-corrected chi connectivity index (χ0v) is 12.3. The van der Waals surface area contributed by atoms with Gasteiger partial charge in [-0.15, -0.1) is 0 Å². The molecule has 0 fully saturated rings. The van der Waals surface area contributed by atoms with E-state index in [0.717, 1.165) is 6.54 Å². The van der Waals surface area contributed by atoms with Gasteiger partial charge in [-0.1, -0.05) is 47.1 Å². The Morgan fingerprint density at radius 3 is 2.83 bits per heavy atom. The number of nitrogens with one attached hydrogen (secondary N) is 1. The summed E-state index contributed by atoms with van der Waals surface area (Å²) in [6.07, 6.45) is 3.76. The average Bonchev–Trinajstić information content (AvgIpc) is 2.41. The molecule has 2 aromatic carbocycles. The molecule has 2 aromatic rings. The number of hydrogen-bond donors (Lipinski definition) is 1. The average molecular weight is 304 g/mol. The van der Waals surface area contributed by atoms with E-state index in [1.807, 2.05) is 0 Å². The molecule has 0 aromatic heterocycles. The lowest BCUT2D eigenvalue weighted by Crippen LogP contribution is -2.25. The SMILES string of the molecule is CCNC1CCCc2c1cc(Br)c1ccccc21. The molecule has 1 N–H and O–H groups in total. The second-order valence-electron chi connectivity index (χ2n) is 4.97. The monoisotopic (exact) mass is 303 g/mol. The van der Waals surface area contributed by atoms with Crippen molar-refractivity contribution < 1.29 is 0 Å². The molecule has 1 aliphatic rings. The van der Waals surface area contributed by atoms with Crippen LogP contribution in [0.3, 0.4) is 0 Å². The normalized spacial score (nSPS) is 18.9. The maximum Gasteiger partial charge on any atom is 0.0323 e. The van der Waals surface area contributed by atoms with Crippen LogP contribution in [-0.2, 0) is 6.42 Å². The summed E-state index contributed by atoms with van der Waals surface area (Å²) in [5.74, 6) is 0. The highest BCUT2D eigenvalue weighted by Crippen LogP contribution is 2.38. The van der Waals surface area contributed by atoms with E-state index in [1.165, 1.54) is 40.1 Å². The van der Waals surface area contributed by atoms with E-state index in [1.54, 1.807) is 5.56 Å². The van der Waals surface area contributed by atoms with E-state index in [0.29, 0.717) is 6.04 Å². The molecule has 0 amide bonds. The first-order valence-electron chi connectivity index (χ1n) is 6.74. The summed E-state index contributed by atoms with van der Waals surface area (Å²) in [4.78, 5) is 0. The highest BCUT2D eigenvalue weighted by molar-refractivity contribution is 9.10. The Morgan fingerprint density at radius 1 is 1.28 bits per heavy atom. The Hall–Kier alpha value is -0.860. The van der Waals surface area contributed by atoms with Gasteiger partial charge in [0.2, 0.25) is 0 Å². The van der Waals surface area contributed by atoms with Crippen LogP contribution in [-0.4, -0.2) is 6.54 Å². The molecule has 0 aliphatic heterocycles. The minimum atomic E-state index is 0.527. The van der Waals surface area contributed by atoms with E-state index < -0.39 is 0 Å². The summed E-state index contributed by atoms with van der Waals surface area (Å²) in [5.41, 5.74) is 3.04. The molecular weight excluding hydrogens is 286 g/mol. The maximum absolute atomic E-state index is 3.73. The molecular formula is C16H18BrN. The molecule has 2 heteroatoms. The van der Waals surface area contributed by atoms with Gasteiger partial charge in [0.15, 0.2) is 0 Å². The first kappa shape index (κ1) is 12.2. The van der Waals surface area contributed by atoms with Crippen LogP contribution in [0, 0.1) is 0 Å². The molecule has 0 saturated heterocycles. The summed E-state index contributed by atoms with van der Waals surface area (Å²) >= 11 is 3.73. The fourth-order valence-electron chi connectivity index (χ4n) is 3.10. The topological polar surface area (TPSA) is 12.0 Å². The van der Waals surface area contributed by atoms with Crippen molar-refractivity contribution in [1.82, 2.24) is 5.32 Å². The van der Waals surface area contributed by atoms with Crippen molar-refractivity contribution in [3.05, 3.63) is 45.9 Å². The lowest BCUT2D eigenvalue weighted by Gasteiger charge is -2.28. The van der Waals surface area contributed by atoms with Gasteiger partial charge in [-0.2, -0.15) is 0 Å². The van der Waals surface area contributed by atoms with Crippen LogP contribution in [0.4, 0.5) is 0 Å². The molecule has 0 saturated carbocycles. The number of benzene rings is 2. The highest BCUT2D eigenvalue weighted by Gasteiger charge is 2.22. The van der Waals surface area contributed by atoms with Gasteiger partial charge >= 0.3 is 0 Å². The van der Waals surface area contributed by atoms with Gasteiger partial charge in [-0.05, 0) is 53.8 Å². The standard InChI is InChI=1S/C16H18BrN/c1-2-18-16-9-5-8-12-11-6-3-4-7-13(11)15(17)10-14(12)16/h3-4,6-7,10,16,18H,2,5,8-9H2,1H3. The Labute approximate surface area is 117 Å². The molecule has 1 unspecified atom stereocenters. The van der Waals surface area contributed by atoms with Crippen LogP contribution in [0.2, 0.25) is 0 Å². The highest BCUT2D eigenvalue weighted by atomic mass is 79.9. The Bertz CT molecular complexity index is 577. The Morgan fingerprint density at radius 2 is 2.06 bits per heavy atom. The molecule has 0 spiro atoms. The molecule has 0 radical (unpaired) electrons. The van der Waals surface area contributed by atoms with E-state index in [-0.39, 0.29) is 0 Å². The molecule has 94 valence electrons. The first-order chi connectivity index (χ1) is 8.81. The van der Waals surface area contributed by atoms with Crippen LogP contribution in [0.15, 0.2) is 34.8 Å². The largest absolute Gasteiger partial charge is 0.310 e. The zero-order valence-electron chi connectivity index (χ0n) is 10.7. The maximum atomic E-state index is 3.73. The Kier molecular flexibility index (Phi) is 3.40. The van der Waals surface area contributed by atoms with Gasteiger partial charge < -0.3 is 5.32 Å². The molecule has 1 atom stereocenters. The van der Waals surface area contributed by atoms with Crippen molar-refractivity contribution in [3.8, 4) is 0 Å². The van der Waals surface area contributed by atoms with Crippen molar-refractivity contribution in [1.29, 1.82) is 0 Å². The predicted octanol–water partition coefficient (Wildman–Crippen LogP) is 4.59. The van der Waals surface area contributed by atoms with Gasteiger partial charge in [-0.3, -0.25) is 0 Å². The third-order valence-electron chi connectivity index (χ3n) is 3.89. The fourth-order valence-corrected chi connectivity index (χ4v) is 3.69. The molecule has 0 heterocycles. The number of hydrogen-bond acceptors (Lipinski definition) is 1. The van der Waals surface area contributed by atoms with Crippen LogP contribution in [0.25, 0.3) is 10.8 Å². The third-order valence-corrected chi connectivity index (χ3v) is 4.54. The number of halogens is 1. The van der Waals surface area contributed by atoms with Crippen molar-refractivity contribution in [2.24, 2.45) is 0 Å². The Balaban J connectivity index is 2.22. The third kappa shape index (κ3) is 1.98. The lowest BCUT2D eigenvalue weighted by molar-refractivity contribution is 0.473. The van der Waals surface area contributed by atoms with E-state index in [9.17, 15) is 0 Å². The molecule has 18 heavy (non-hydrogen) atoms. The second-order valence-corrected chi connectivity index (χ2v) is 5.83. The summed E-state index contributed by atoms with van der Waals surface area (Å²) in [6, 6.07) is 11.6. The summed E-state index contributed by atoms with van der Waals surface area (Å²) in [7, 11) is 0. The summed E-state index contributed by atoms with van der Waals surface area (Å²) in [5, 5.41) is 6.37. The molecule has 1 nitrogen and oxygen atoms in total. The van der Waals surface area contributed by atoms with Gasteiger partial charge in [-0.25, -0.2) is 0 Å². The van der Waals surface area contributed by atoms with Gasteiger partial charge in [0.25, 0.3) is 0 Å². The summed E-state index contributed by atoms with van der Waals surface area (Å²) in [6.45, 7) is 3.22. The van der Waals surface area contributed by atoms with Gasteiger partial charge in [0, 0.05) is 10.5 Å². The quantitative estimate of drug-likeness (QED) is 0.855. The first-order valence-corrected chi connectivity index (χ1v) is 7.54. The minimum absolute atomic E-state index is 0.527. The number of aryl methyl sites for hydroxylation is 1. The van der Waals surface area contributed by atoms with Crippen molar-refractivity contribution in [3.63, 3.8) is 0 Å². The van der Waals surface area contributed by atoms with Crippen molar-refractivity contribution >= 4 is 26.7 Å². The van der Waals surface area contributed by atoms with Crippen LogP contribution >= 0.6 is 15.9 Å². The lowest BCUT2D eigenvalue weighted by atomic mass is 9.84. The summed E-state index contributed by atoms with van der Waals surface area (Å²) < 4.78 is 1.22. The van der Waals surface area contributed by atoms with Gasteiger partial charge in [0.05, 0.1) is 0 Å². The van der Waals surface area contributed by atoms with E-state index in [2.05, 4.69) is 58.5 Å². The van der Waals surface area contributed by atoms with Crippen LogP contribution < -0.4 is 5.32 Å². The number of rotatable bonds is 2. The zero-order chi connectivity index (χ0) is 12.5. The smallest absolute Gasteiger partial charge is 0.0323 e. The van der Waals surface area contributed by atoms with E-state index in [4.69, 9.17) is 0 Å². The van der Waals surface area contributed by atoms with Crippen molar-refractivity contribution in [2.45, 2.75) is 32.2 Å². The molecule has 0 bridgehead atoms. The van der Waals surface area contributed by atoms with Crippen molar-refractivity contribution in [2.75, 3.05) is 6.54 Å². The predicted molar refractivity (Wildman–Crippen MR) is 81.0 cm³/mol. The minimum Gasteiger partial charge on any atom is -0.310 e. The molecule has 1 aliphatic carbocycles. The second kappa shape index (κ2) is 5.02. The van der Waals surface area contributed by atoms with Crippen LogP contribution in [0.1, 0.15) is 36.9 Å². The van der Waals surface area contributed by atoms with Crippen LogP contribution in [0.5, 0.6) is 0 Å². The van der Waals surface area contributed by atoms with Gasteiger partial charge in [0.1, 0.15) is 0 Å². The van der Waals surface area contributed by atoms with E-state index >= 15 is 0 Å². The molecule has 3 rings (SSSR count). The fraction of sp³-hybridized carbons (Fsp3) is 0.375.